The van der Waals surface area contributed by atoms with E-state index < -0.39 is 0 Å². The molecule has 0 amide bonds. The molecule has 1 heterocycles. The topological polar surface area (TPSA) is 50.9 Å². The molecular weight excluding hydrogens is 186 g/mol. The second-order valence-corrected chi connectivity index (χ2v) is 4.59. The second kappa shape index (κ2) is 4.62. The van der Waals surface area contributed by atoms with Crippen LogP contribution in [0.4, 0.5) is 5.69 Å². The molecule has 0 fully saturated rings. The fourth-order valence-electron chi connectivity index (χ4n) is 1.35. The van der Waals surface area contributed by atoms with Gasteiger partial charge in [0, 0.05) is 30.2 Å². The number of nitrogens with one attached hydrogen (secondary N) is 1. The van der Waals surface area contributed by atoms with Crippen molar-refractivity contribution in [2.45, 2.75) is 33.2 Å². The first kappa shape index (κ1) is 12.0. The minimum Gasteiger partial charge on any atom is -0.378 e. The zero-order valence-electron chi connectivity index (χ0n) is 10.0. The molecule has 0 aliphatic heterocycles. The van der Waals surface area contributed by atoms with Gasteiger partial charge >= 0.3 is 0 Å². The molecule has 15 heavy (non-hydrogen) atoms. The maximum atomic E-state index is 5.83. The van der Waals surface area contributed by atoms with E-state index in [1.807, 2.05) is 19.2 Å². The third-order valence-electron chi connectivity index (χ3n) is 3.14. The summed E-state index contributed by atoms with van der Waals surface area (Å²) in [6.45, 7) is 9.17. The van der Waals surface area contributed by atoms with Gasteiger partial charge in [0.05, 0.1) is 0 Å². The molecule has 3 heteroatoms. The van der Waals surface area contributed by atoms with Crippen molar-refractivity contribution in [2.75, 3.05) is 11.9 Å². The maximum Gasteiger partial charge on any atom is 0.0490 e. The minimum atomic E-state index is -0.0634. The Kier molecular flexibility index (Phi) is 3.69. The average Bonchev–Trinajstić information content (AvgIpc) is 2.21. The van der Waals surface area contributed by atoms with Gasteiger partial charge in [-0.25, -0.2) is 0 Å². The molecular formula is C12H21N3. The van der Waals surface area contributed by atoms with Gasteiger partial charge in [0.15, 0.2) is 0 Å². The van der Waals surface area contributed by atoms with Crippen molar-refractivity contribution in [1.82, 2.24) is 4.98 Å². The van der Waals surface area contributed by atoms with E-state index in [1.54, 1.807) is 6.20 Å². The molecule has 84 valence electrons. The molecule has 0 spiro atoms. The monoisotopic (exact) mass is 207 g/mol. The van der Waals surface area contributed by atoms with Gasteiger partial charge in [0.1, 0.15) is 0 Å². The summed E-state index contributed by atoms with van der Waals surface area (Å²) in [5, 5.41) is 3.51. The molecule has 0 saturated carbocycles. The van der Waals surface area contributed by atoms with E-state index in [2.05, 4.69) is 31.1 Å². The number of anilines is 1. The summed E-state index contributed by atoms with van der Waals surface area (Å²) in [6.07, 6.45) is 3.66. The number of rotatable bonds is 4. The van der Waals surface area contributed by atoms with Crippen molar-refractivity contribution in [3.63, 3.8) is 0 Å². The van der Waals surface area contributed by atoms with Crippen LogP contribution < -0.4 is 11.1 Å². The molecule has 0 saturated heterocycles. The van der Waals surface area contributed by atoms with Crippen molar-refractivity contribution >= 4 is 5.69 Å². The Hall–Kier alpha value is -1.09. The number of hydrogen-bond acceptors (Lipinski definition) is 3. The molecule has 0 bridgehead atoms. The van der Waals surface area contributed by atoms with Crippen molar-refractivity contribution in [1.29, 1.82) is 0 Å². The first-order valence-electron chi connectivity index (χ1n) is 5.38. The first-order valence-corrected chi connectivity index (χ1v) is 5.38. The smallest absolute Gasteiger partial charge is 0.0490 e. The summed E-state index contributed by atoms with van der Waals surface area (Å²) < 4.78 is 0. The quantitative estimate of drug-likeness (QED) is 0.795. The second-order valence-electron chi connectivity index (χ2n) is 4.59. The van der Waals surface area contributed by atoms with Gasteiger partial charge in [-0.2, -0.15) is 0 Å². The van der Waals surface area contributed by atoms with Crippen LogP contribution in [0.2, 0.25) is 0 Å². The highest BCUT2D eigenvalue weighted by Crippen LogP contribution is 2.23. The predicted molar refractivity (Wildman–Crippen MR) is 64.9 cm³/mol. The van der Waals surface area contributed by atoms with E-state index in [0.29, 0.717) is 12.5 Å². The van der Waals surface area contributed by atoms with Crippen molar-refractivity contribution in [3.05, 3.63) is 24.0 Å². The molecule has 3 N–H and O–H groups in total. The summed E-state index contributed by atoms with van der Waals surface area (Å²) in [7, 11) is 0. The van der Waals surface area contributed by atoms with E-state index in [-0.39, 0.29) is 5.54 Å². The van der Waals surface area contributed by atoms with Gasteiger partial charge in [0.2, 0.25) is 0 Å². The van der Waals surface area contributed by atoms with Gasteiger partial charge in [-0.15, -0.1) is 0 Å². The Morgan fingerprint density at radius 1 is 1.53 bits per heavy atom. The van der Waals surface area contributed by atoms with E-state index in [0.717, 1.165) is 11.3 Å². The molecule has 0 radical (unpaired) electrons. The highest BCUT2D eigenvalue weighted by molar-refractivity contribution is 5.50. The fourth-order valence-corrected chi connectivity index (χ4v) is 1.35. The highest BCUT2D eigenvalue weighted by Gasteiger charge is 2.26. The van der Waals surface area contributed by atoms with E-state index in [1.165, 1.54) is 0 Å². The van der Waals surface area contributed by atoms with Crippen LogP contribution in [0.25, 0.3) is 0 Å². The predicted octanol–water partition coefficient (Wildman–Crippen LogP) is 2.18. The third-order valence-corrected chi connectivity index (χ3v) is 3.14. The first-order chi connectivity index (χ1) is 6.99. The van der Waals surface area contributed by atoms with Crippen LogP contribution in [0.3, 0.4) is 0 Å². The van der Waals surface area contributed by atoms with Crippen LogP contribution in [0.15, 0.2) is 18.5 Å². The SMILES string of the molecule is Cc1cnccc1NC(C)(CN)C(C)C. The molecule has 1 atom stereocenters. The van der Waals surface area contributed by atoms with Crippen LogP contribution in [0.1, 0.15) is 26.3 Å². The number of aryl methyl sites for hydroxylation is 1. The molecule has 3 nitrogen and oxygen atoms in total. The maximum absolute atomic E-state index is 5.83. The molecule has 1 unspecified atom stereocenters. The summed E-state index contributed by atoms with van der Waals surface area (Å²) >= 11 is 0. The molecule has 1 aromatic heterocycles. The number of nitrogens with zero attached hydrogens (tertiary/aromatic N) is 1. The van der Waals surface area contributed by atoms with Gasteiger partial charge in [0.25, 0.3) is 0 Å². The lowest BCUT2D eigenvalue weighted by atomic mass is 9.88. The van der Waals surface area contributed by atoms with E-state index >= 15 is 0 Å². The zero-order chi connectivity index (χ0) is 11.5. The third kappa shape index (κ3) is 2.69. The Morgan fingerprint density at radius 3 is 2.67 bits per heavy atom. The van der Waals surface area contributed by atoms with Crippen molar-refractivity contribution in [3.8, 4) is 0 Å². The van der Waals surface area contributed by atoms with Crippen LogP contribution in [-0.4, -0.2) is 17.1 Å². The van der Waals surface area contributed by atoms with Crippen molar-refractivity contribution in [2.24, 2.45) is 11.7 Å². The zero-order valence-corrected chi connectivity index (χ0v) is 10.0. The fraction of sp³-hybridized carbons (Fsp3) is 0.583. The Bertz CT molecular complexity index is 322. The molecule has 0 aromatic carbocycles. The Labute approximate surface area is 92.1 Å². The lowest BCUT2D eigenvalue weighted by Gasteiger charge is -2.35. The average molecular weight is 207 g/mol. The molecule has 0 aliphatic carbocycles. The van der Waals surface area contributed by atoms with Gasteiger partial charge in [-0.1, -0.05) is 13.8 Å². The number of pyridine rings is 1. The summed E-state index contributed by atoms with van der Waals surface area (Å²) in [4.78, 5) is 4.07. The van der Waals surface area contributed by atoms with Crippen molar-refractivity contribution < 1.29 is 0 Å². The van der Waals surface area contributed by atoms with Gasteiger partial charge < -0.3 is 11.1 Å². The normalized spacial score (nSPS) is 15.1. The minimum absolute atomic E-state index is 0.0634. The molecule has 0 aliphatic rings. The van der Waals surface area contributed by atoms with E-state index in [9.17, 15) is 0 Å². The summed E-state index contributed by atoms with van der Waals surface area (Å²) in [5.74, 6) is 0.482. The molecule has 1 aromatic rings. The summed E-state index contributed by atoms with van der Waals surface area (Å²) in [5.41, 5.74) is 8.03. The van der Waals surface area contributed by atoms with Crippen LogP contribution in [0, 0.1) is 12.8 Å². The highest BCUT2D eigenvalue weighted by atomic mass is 15.0. The number of nitrogens with two attached hydrogens (primary N) is 1. The van der Waals surface area contributed by atoms with Gasteiger partial charge in [-0.05, 0) is 31.4 Å². The standard InChI is InChI=1S/C12H21N3/c1-9(2)12(4,8-13)15-11-5-6-14-7-10(11)3/h5-7,9H,8,13H2,1-4H3,(H,14,15). The van der Waals surface area contributed by atoms with Gasteiger partial charge in [-0.3, -0.25) is 4.98 Å². The molecule has 1 rings (SSSR count). The van der Waals surface area contributed by atoms with Crippen LogP contribution >= 0.6 is 0 Å². The lowest BCUT2D eigenvalue weighted by molar-refractivity contribution is 0.382. The number of aromatic nitrogens is 1. The van der Waals surface area contributed by atoms with Crippen LogP contribution in [0.5, 0.6) is 0 Å². The summed E-state index contributed by atoms with van der Waals surface area (Å²) in [6, 6.07) is 1.99. The Balaban J connectivity index is 2.89. The lowest BCUT2D eigenvalue weighted by Crippen LogP contribution is -2.47. The Morgan fingerprint density at radius 2 is 2.20 bits per heavy atom. The van der Waals surface area contributed by atoms with Crippen LogP contribution in [-0.2, 0) is 0 Å². The number of hydrogen-bond donors (Lipinski definition) is 2. The largest absolute Gasteiger partial charge is 0.378 e. The van der Waals surface area contributed by atoms with E-state index in [4.69, 9.17) is 5.73 Å².